The lowest BCUT2D eigenvalue weighted by molar-refractivity contribution is 0.0946. The molecule has 2 aromatic rings. The summed E-state index contributed by atoms with van der Waals surface area (Å²) in [5.74, 6) is 0.833. The lowest BCUT2D eigenvalue weighted by Gasteiger charge is -2.27. The SMILES string of the molecule is Cc1cc(C(=O)NCc2cccnc2N2CCCCCCC2)n[nH]1. The number of hydrogen-bond donors (Lipinski definition) is 2. The van der Waals surface area contributed by atoms with Crippen LogP contribution in [0.25, 0.3) is 0 Å². The quantitative estimate of drug-likeness (QED) is 0.905. The van der Waals surface area contributed by atoms with Crippen molar-refractivity contribution in [3.63, 3.8) is 0 Å². The first-order chi connectivity index (χ1) is 11.7. The maximum atomic E-state index is 12.2. The minimum atomic E-state index is -0.165. The summed E-state index contributed by atoms with van der Waals surface area (Å²) >= 11 is 0. The van der Waals surface area contributed by atoms with Crippen molar-refractivity contribution in [1.82, 2.24) is 20.5 Å². The molecule has 1 amide bonds. The molecule has 3 heterocycles. The van der Waals surface area contributed by atoms with Crippen LogP contribution in [0.1, 0.15) is 53.8 Å². The topological polar surface area (TPSA) is 73.9 Å². The van der Waals surface area contributed by atoms with E-state index in [4.69, 9.17) is 0 Å². The van der Waals surface area contributed by atoms with Gasteiger partial charge in [0.1, 0.15) is 11.5 Å². The number of carbonyl (C=O) groups is 1. The van der Waals surface area contributed by atoms with Gasteiger partial charge in [-0.1, -0.05) is 25.3 Å². The molecule has 0 saturated carbocycles. The number of nitrogens with zero attached hydrogens (tertiary/aromatic N) is 3. The highest BCUT2D eigenvalue weighted by atomic mass is 16.1. The van der Waals surface area contributed by atoms with Gasteiger partial charge in [0.15, 0.2) is 0 Å². The standard InChI is InChI=1S/C18H25N5O/c1-14-12-16(22-21-14)18(24)20-13-15-8-7-9-19-17(15)23-10-5-3-2-4-6-11-23/h7-9,12H,2-6,10-11,13H2,1H3,(H,20,24)(H,21,22). The molecule has 0 bridgehead atoms. The second-order valence-corrected chi connectivity index (χ2v) is 6.36. The molecule has 6 nitrogen and oxygen atoms in total. The van der Waals surface area contributed by atoms with E-state index in [2.05, 4.69) is 25.4 Å². The second kappa shape index (κ2) is 7.95. The van der Waals surface area contributed by atoms with E-state index in [0.717, 1.165) is 30.2 Å². The number of aromatic nitrogens is 3. The fraction of sp³-hybridized carbons (Fsp3) is 0.500. The van der Waals surface area contributed by atoms with Crippen molar-refractivity contribution in [3.05, 3.63) is 41.3 Å². The van der Waals surface area contributed by atoms with E-state index < -0.39 is 0 Å². The first-order valence-electron chi connectivity index (χ1n) is 8.73. The number of amides is 1. The number of aromatic amines is 1. The molecule has 0 aliphatic carbocycles. The fourth-order valence-corrected chi connectivity index (χ4v) is 3.11. The van der Waals surface area contributed by atoms with Crippen LogP contribution >= 0.6 is 0 Å². The third-order valence-corrected chi connectivity index (χ3v) is 4.40. The van der Waals surface area contributed by atoms with E-state index >= 15 is 0 Å². The van der Waals surface area contributed by atoms with E-state index in [-0.39, 0.29) is 5.91 Å². The first-order valence-corrected chi connectivity index (χ1v) is 8.73. The number of aryl methyl sites for hydroxylation is 1. The number of anilines is 1. The lowest BCUT2D eigenvalue weighted by Crippen LogP contribution is -2.30. The zero-order chi connectivity index (χ0) is 16.8. The monoisotopic (exact) mass is 327 g/mol. The number of pyridine rings is 1. The van der Waals surface area contributed by atoms with Gasteiger partial charge in [0.05, 0.1) is 0 Å². The summed E-state index contributed by atoms with van der Waals surface area (Å²) in [7, 11) is 0. The van der Waals surface area contributed by atoms with Crippen LogP contribution in [0.2, 0.25) is 0 Å². The van der Waals surface area contributed by atoms with Crippen molar-refractivity contribution in [2.45, 2.75) is 45.6 Å². The van der Waals surface area contributed by atoms with Gasteiger partial charge in [-0.3, -0.25) is 9.89 Å². The van der Waals surface area contributed by atoms with Gasteiger partial charge in [-0.15, -0.1) is 0 Å². The highest BCUT2D eigenvalue weighted by Gasteiger charge is 2.15. The minimum absolute atomic E-state index is 0.165. The van der Waals surface area contributed by atoms with Gasteiger partial charge >= 0.3 is 0 Å². The molecular formula is C18H25N5O. The van der Waals surface area contributed by atoms with Crippen LogP contribution in [0.5, 0.6) is 0 Å². The predicted octanol–water partition coefficient (Wildman–Crippen LogP) is 2.81. The van der Waals surface area contributed by atoms with E-state index in [1.807, 2.05) is 25.3 Å². The molecule has 128 valence electrons. The Balaban J connectivity index is 1.68. The third-order valence-electron chi connectivity index (χ3n) is 4.40. The summed E-state index contributed by atoms with van der Waals surface area (Å²) in [5.41, 5.74) is 2.35. The van der Waals surface area contributed by atoms with Gasteiger partial charge in [-0.05, 0) is 31.9 Å². The van der Waals surface area contributed by atoms with Crippen molar-refractivity contribution in [3.8, 4) is 0 Å². The Bertz CT molecular complexity index is 674. The fourth-order valence-electron chi connectivity index (χ4n) is 3.11. The van der Waals surface area contributed by atoms with Crippen molar-refractivity contribution < 1.29 is 4.79 Å². The molecule has 1 fully saturated rings. The van der Waals surface area contributed by atoms with E-state index in [1.54, 1.807) is 6.07 Å². The average molecular weight is 327 g/mol. The van der Waals surface area contributed by atoms with E-state index in [1.165, 1.54) is 32.1 Å². The van der Waals surface area contributed by atoms with Gasteiger partial charge in [0.2, 0.25) is 0 Å². The van der Waals surface area contributed by atoms with Crippen LogP contribution < -0.4 is 10.2 Å². The highest BCUT2D eigenvalue weighted by Crippen LogP contribution is 2.21. The van der Waals surface area contributed by atoms with Crippen LogP contribution in [-0.2, 0) is 6.54 Å². The van der Waals surface area contributed by atoms with Gasteiger partial charge in [0.25, 0.3) is 5.91 Å². The Kier molecular flexibility index (Phi) is 5.46. The molecule has 24 heavy (non-hydrogen) atoms. The maximum Gasteiger partial charge on any atom is 0.272 e. The molecule has 2 aromatic heterocycles. The first kappa shape index (κ1) is 16.5. The maximum absolute atomic E-state index is 12.2. The number of hydrogen-bond acceptors (Lipinski definition) is 4. The summed E-state index contributed by atoms with van der Waals surface area (Å²) in [6.07, 6.45) is 8.14. The number of rotatable bonds is 4. The molecule has 1 aliphatic rings. The average Bonchev–Trinajstić information content (AvgIpc) is 2.99. The molecule has 3 rings (SSSR count). The Hall–Kier alpha value is -2.37. The molecular weight excluding hydrogens is 302 g/mol. The Morgan fingerprint density at radius 3 is 2.71 bits per heavy atom. The predicted molar refractivity (Wildman–Crippen MR) is 94.0 cm³/mol. The molecule has 0 aromatic carbocycles. The van der Waals surface area contributed by atoms with E-state index in [9.17, 15) is 4.79 Å². The molecule has 0 radical (unpaired) electrons. The molecule has 0 spiro atoms. The van der Waals surface area contributed by atoms with Crippen LogP contribution in [-0.4, -0.2) is 34.2 Å². The van der Waals surface area contributed by atoms with E-state index in [0.29, 0.717) is 12.2 Å². The Labute approximate surface area is 142 Å². The van der Waals surface area contributed by atoms with Crippen molar-refractivity contribution in [2.75, 3.05) is 18.0 Å². The van der Waals surface area contributed by atoms with Gasteiger partial charge in [-0.2, -0.15) is 5.10 Å². The summed E-state index contributed by atoms with van der Waals surface area (Å²) in [6.45, 7) is 4.42. The summed E-state index contributed by atoms with van der Waals surface area (Å²) in [4.78, 5) is 19.1. The Morgan fingerprint density at radius 2 is 2.00 bits per heavy atom. The molecule has 1 aliphatic heterocycles. The molecule has 0 atom stereocenters. The Morgan fingerprint density at radius 1 is 1.25 bits per heavy atom. The molecule has 2 N–H and O–H groups in total. The van der Waals surface area contributed by atoms with Crippen molar-refractivity contribution in [2.24, 2.45) is 0 Å². The van der Waals surface area contributed by atoms with Crippen LogP contribution in [0, 0.1) is 6.92 Å². The van der Waals surface area contributed by atoms with Gasteiger partial charge in [-0.25, -0.2) is 4.98 Å². The smallest absolute Gasteiger partial charge is 0.272 e. The highest BCUT2D eigenvalue weighted by molar-refractivity contribution is 5.92. The minimum Gasteiger partial charge on any atom is -0.356 e. The van der Waals surface area contributed by atoms with Crippen molar-refractivity contribution in [1.29, 1.82) is 0 Å². The number of carbonyl (C=O) groups excluding carboxylic acids is 1. The zero-order valence-electron chi connectivity index (χ0n) is 14.2. The summed E-state index contributed by atoms with van der Waals surface area (Å²) < 4.78 is 0. The van der Waals surface area contributed by atoms with Crippen molar-refractivity contribution >= 4 is 11.7 Å². The largest absolute Gasteiger partial charge is 0.356 e. The summed E-state index contributed by atoms with van der Waals surface area (Å²) in [5, 5.41) is 9.74. The van der Waals surface area contributed by atoms with Crippen LogP contribution in [0.15, 0.2) is 24.4 Å². The normalized spacial score (nSPS) is 15.6. The zero-order valence-corrected chi connectivity index (χ0v) is 14.2. The molecule has 1 saturated heterocycles. The van der Waals surface area contributed by atoms with Gasteiger partial charge < -0.3 is 10.2 Å². The van der Waals surface area contributed by atoms with Crippen LogP contribution in [0.3, 0.4) is 0 Å². The van der Waals surface area contributed by atoms with Gasteiger partial charge in [0, 0.05) is 37.1 Å². The second-order valence-electron chi connectivity index (χ2n) is 6.36. The molecule has 6 heteroatoms. The number of H-pyrrole nitrogens is 1. The molecule has 0 unspecified atom stereocenters. The summed E-state index contributed by atoms with van der Waals surface area (Å²) in [6, 6.07) is 5.71. The number of nitrogens with one attached hydrogen (secondary N) is 2. The third kappa shape index (κ3) is 4.13. The lowest BCUT2D eigenvalue weighted by atomic mass is 10.1. The van der Waals surface area contributed by atoms with Crippen LogP contribution in [0.4, 0.5) is 5.82 Å².